The van der Waals surface area contributed by atoms with Gasteiger partial charge < -0.3 is 19.0 Å². The van der Waals surface area contributed by atoms with Gasteiger partial charge in [-0.1, -0.05) is 29.4 Å². The van der Waals surface area contributed by atoms with Crippen molar-refractivity contribution < 1.29 is 9.15 Å². The molecule has 1 aliphatic carbocycles. The smallest absolute Gasteiger partial charge is 0.317 e. The van der Waals surface area contributed by atoms with Gasteiger partial charge in [0.2, 0.25) is 6.39 Å². The van der Waals surface area contributed by atoms with E-state index in [0.717, 1.165) is 38.3 Å². The molecule has 4 fully saturated rings. The largest absolute Gasteiger partial charge is 0.411 e. The second kappa shape index (κ2) is 8.21. The maximum atomic E-state index is 5.61. The second-order valence-electron chi connectivity index (χ2n) is 10.3. The van der Waals surface area contributed by atoms with Gasteiger partial charge in [0.1, 0.15) is 0 Å². The summed E-state index contributed by atoms with van der Waals surface area (Å²) in [6.07, 6.45) is 10.4. The number of nitrogens with zero attached hydrogens (tertiary/aromatic N) is 4. The number of likely N-dealkylation sites (tertiary alicyclic amines) is 1. The Balaban J connectivity index is 1.05. The van der Waals surface area contributed by atoms with Crippen LogP contribution in [0.4, 0.5) is 6.01 Å². The third-order valence-electron chi connectivity index (χ3n) is 8.49. The summed E-state index contributed by atoms with van der Waals surface area (Å²) in [4.78, 5) is 5.05. The average Bonchev–Trinajstić information content (AvgIpc) is 3.49. The summed E-state index contributed by atoms with van der Waals surface area (Å²) in [7, 11) is 0. The standard InChI is InChI=1S/C25H34N4O2/c1-2-4-23(20-8-13-30-14-9-20)22(3-1)19-6-11-28(12-7-19)21-5-10-25(15-21)16-29(17-25)24-27-26-18-31-24/h1-4,18-21H,5-17H2/t21-/m0/s1. The lowest BCUT2D eigenvalue weighted by molar-refractivity contribution is 0.0848. The number of aromatic nitrogens is 2. The van der Waals surface area contributed by atoms with E-state index in [1.807, 2.05) is 0 Å². The van der Waals surface area contributed by atoms with Crippen molar-refractivity contribution in [1.29, 1.82) is 0 Å². The third-order valence-corrected chi connectivity index (χ3v) is 8.49. The molecular formula is C25H34N4O2. The number of benzene rings is 1. The van der Waals surface area contributed by atoms with Crippen LogP contribution in [0.5, 0.6) is 0 Å². The molecule has 6 heteroatoms. The summed E-state index contributed by atoms with van der Waals surface area (Å²) in [5.74, 6) is 1.42. The predicted octanol–water partition coefficient (Wildman–Crippen LogP) is 4.20. The van der Waals surface area contributed by atoms with Crippen molar-refractivity contribution in [3.05, 3.63) is 41.8 Å². The van der Waals surface area contributed by atoms with E-state index in [2.05, 4.69) is 44.3 Å². The summed E-state index contributed by atoms with van der Waals surface area (Å²) in [6, 6.07) is 10.7. The first-order valence-electron chi connectivity index (χ1n) is 12.2. The summed E-state index contributed by atoms with van der Waals surface area (Å²) >= 11 is 0. The number of ether oxygens (including phenoxy) is 1. The zero-order valence-electron chi connectivity index (χ0n) is 18.4. The lowest BCUT2D eigenvalue weighted by Gasteiger charge is -2.48. The fourth-order valence-electron chi connectivity index (χ4n) is 6.82. The van der Waals surface area contributed by atoms with E-state index in [1.54, 1.807) is 11.1 Å². The van der Waals surface area contributed by atoms with Gasteiger partial charge >= 0.3 is 6.01 Å². The van der Waals surface area contributed by atoms with E-state index in [9.17, 15) is 0 Å². The van der Waals surface area contributed by atoms with Crippen LogP contribution in [0.25, 0.3) is 0 Å². The molecule has 3 aliphatic heterocycles. The summed E-state index contributed by atoms with van der Waals surface area (Å²) in [6.45, 7) is 6.51. The van der Waals surface area contributed by atoms with Crippen molar-refractivity contribution in [3.8, 4) is 0 Å². The third kappa shape index (κ3) is 3.78. The van der Waals surface area contributed by atoms with Gasteiger partial charge in [-0.2, -0.15) is 0 Å². The molecule has 31 heavy (non-hydrogen) atoms. The molecule has 1 aromatic heterocycles. The van der Waals surface area contributed by atoms with Crippen LogP contribution in [-0.2, 0) is 4.74 Å². The van der Waals surface area contributed by atoms with Crippen LogP contribution in [0.3, 0.4) is 0 Å². The van der Waals surface area contributed by atoms with Crippen LogP contribution in [0.2, 0.25) is 0 Å². The van der Waals surface area contributed by atoms with Crippen molar-refractivity contribution in [1.82, 2.24) is 15.1 Å². The molecule has 3 saturated heterocycles. The number of piperidine rings is 1. The van der Waals surface area contributed by atoms with Crippen LogP contribution in [-0.4, -0.2) is 60.5 Å². The van der Waals surface area contributed by atoms with Crippen LogP contribution in [0.1, 0.15) is 67.9 Å². The number of rotatable bonds is 4. The molecule has 4 aliphatic rings. The normalized spacial score (nSPS) is 27.6. The highest BCUT2D eigenvalue weighted by Crippen LogP contribution is 2.49. The van der Waals surface area contributed by atoms with Crippen LogP contribution >= 0.6 is 0 Å². The van der Waals surface area contributed by atoms with E-state index < -0.39 is 0 Å². The molecule has 0 bridgehead atoms. The van der Waals surface area contributed by atoms with E-state index in [-0.39, 0.29) is 0 Å². The zero-order chi connectivity index (χ0) is 20.7. The monoisotopic (exact) mass is 422 g/mol. The first kappa shape index (κ1) is 19.7. The molecule has 1 aromatic carbocycles. The van der Waals surface area contributed by atoms with Crippen LogP contribution in [0, 0.1) is 5.41 Å². The van der Waals surface area contributed by atoms with Gasteiger partial charge in [-0.05, 0) is 81.0 Å². The van der Waals surface area contributed by atoms with Gasteiger partial charge in [0.15, 0.2) is 0 Å². The highest BCUT2D eigenvalue weighted by Gasteiger charge is 2.50. The predicted molar refractivity (Wildman–Crippen MR) is 119 cm³/mol. The van der Waals surface area contributed by atoms with Crippen molar-refractivity contribution in [3.63, 3.8) is 0 Å². The zero-order valence-corrected chi connectivity index (χ0v) is 18.4. The lowest BCUT2D eigenvalue weighted by atomic mass is 9.78. The van der Waals surface area contributed by atoms with E-state index in [4.69, 9.17) is 9.15 Å². The van der Waals surface area contributed by atoms with Crippen LogP contribution < -0.4 is 4.90 Å². The van der Waals surface area contributed by atoms with E-state index in [0.29, 0.717) is 17.3 Å². The van der Waals surface area contributed by atoms with Gasteiger partial charge in [-0.3, -0.25) is 0 Å². The SMILES string of the molecule is c1ccc(C2CCN([C@H]3CCC4(C3)CN(c3nnco3)C4)CC2)c(C2CCOCC2)c1. The minimum absolute atomic E-state index is 0.478. The molecule has 0 N–H and O–H groups in total. The molecular weight excluding hydrogens is 388 g/mol. The van der Waals surface area contributed by atoms with Gasteiger partial charge in [-0.15, -0.1) is 5.10 Å². The molecule has 2 aromatic rings. The molecule has 166 valence electrons. The topological polar surface area (TPSA) is 54.6 Å². The van der Waals surface area contributed by atoms with E-state index in [1.165, 1.54) is 64.4 Å². The fourth-order valence-corrected chi connectivity index (χ4v) is 6.82. The average molecular weight is 423 g/mol. The highest BCUT2D eigenvalue weighted by molar-refractivity contribution is 5.35. The minimum Gasteiger partial charge on any atom is -0.411 e. The molecule has 6 rings (SSSR count). The molecule has 1 saturated carbocycles. The molecule has 1 spiro atoms. The Hall–Kier alpha value is -1.92. The second-order valence-corrected chi connectivity index (χ2v) is 10.3. The quantitative estimate of drug-likeness (QED) is 0.736. The van der Waals surface area contributed by atoms with Crippen molar-refractivity contribution in [2.75, 3.05) is 44.3 Å². The first-order chi connectivity index (χ1) is 15.3. The summed E-state index contributed by atoms with van der Waals surface area (Å²) in [5.41, 5.74) is 3.72. The first-order valence-corrected chi connectivity index (χ1v) is 12.2. The maximum Gasteiger partial charge on any atom is 0.317 e. The molecule has 0 amide bonds. The Bertz CT molecular complexity index is 865. The van der Waals surface area contributed by atoms with Crippen molar-refractivity contribution >= 4 is 6.01 Å². The lowest BCUT2D eigenvalue weighted by Crippen LogP contribution is -2.56. The molecule has 0 unspecified atom stereocenters. The van der Waals surface area contributed by atoms with Gasteiger partial charge in [0, 0.05) is 37.8 Å². The Morgan fingerprint density at radius 3 is 2.29 bits per heavy atom. The Kier molecular flexibility index (Phi) is 5.23. The maximum absolute atomic E-state index is 5.61. The Labute approximate surface area is 185 Å². The van der Waals surface area contributed by atoms with Crippen molar-refractivity contribution in [2.24, 2.45) is 5.41 Å². The number of hydrogen-bond acceptors (Lipinski definition) is 6. The molecule has 6 nitrogen and oxygen atoms in total. The fraction of sp³-hybridized carbons (Fsp3) is 0.680. The van der Waals surface area contributed by atoms with Gasteiger partial charge in [0.25, 0.3) is 0 Å². The molecule has 0 radical (unpaired) electrons. The highest BCUT2D eigenvalue weighted by atomic mass is 16.5. The van der Waals surface area contributed by atoms with Crippen LogP contribution in [0.15, 0.2) is 35.1 Å². The Morgan fingerprint density at radius 1 is 0.903 bits per heavy atom. The summed E-state index contributed by atoms with van der Waals surface area (Å²) in [5, 5.41) is 7.90. The Morgan fingerprint density at radius 2 is 1.61 bits per heavy atom. The number of anilines is 1. The molecule has 4 heterocycles. The minimum atomic E-state index is 0.478. The van der Waals surface area contributed by atoms with E-state index >= 15 is 0 Å². The summed E-state index contributed by atoms with van der Waals surface area (Å²) < 4.78 is 11.0. The number of hydrogen-bond donors (Lipinski definition) is 0. The van der Waals surface area contributed by atoms with Gasteiger partial charge in [-0.25, -0.2) is 0 Å². The molecule has 1 atom stereocenters. The van der Waals surface area contributed by atoms with Gasteiger partial charge in [0.05, 0.1) is 0 Å². The van der Waals surface area contributed by atoms with Crippen molar-refractivity contribution in [2.45, 2.75) is 62.8 Å².